The molecule has 0 spiro atoms. The topological polar surface area (TPSA) is 12.0 Å². The van der Waals surface area contributed by atoms with Gasteiger partial charge >= 0.3 is 0 Å². The third kappa shape index (κ3) is 3.87. The number of benzene rings is 2. The quantitative estimate of drug-likeness (QED) is 0.800. The van der Waals surface area contributed by atoms with Crippen molar-refractivity contribution in [3.63, 3.8) is 0 Å². The van der Waals surface area contributed by atoms with E-state index in [1.54, 1.807) is 0 Å². The average Bonchev–Trinajstić information content (AvgIpc) is 2.39. The Morgan fingerprint density at radius 1 is 1.00 bits per heavy atom. The first-order valence-corrected chi connectivity index (χ1v) is 10.8. The summed E-state index contributed by atoms with van der Waals surface area (Å²) in [5.41, 5.74) is 3.50. The molecule has 2 aromatic carbocycles. The highest BCUT2D eigenvalue weighted by Crippen LogP contribution is 2.23. The summed E-state index contributed by atoms with van der Waals surface area (Å²) in [4.78, 5) is 0. The van der Waals surface area contributed by atoms with Crippen LogP contribution in [0.15, 0.2) is 42.5 Å². The van der Waals surface area contributed by atoms with Crippen molar-refractivity contribution in [1.29, 1.82) is 0 Å². The summed E-state index contributed by atoms with van der Waals surface area (Å²) < 4.78 is 0. The molecule has 3 heteroatoms. The fourth-order valence-electron chi connectivity index (χ4n) is 2.09. The normalized spacial score (nSPS) is 11.4. The summed E-state index contributed by atoms with van der Waals surface area (Å²) in [5.74, 6) is 0. The molecular formula is C17H22ClNSi. The second kappa shape index (κ2) is 6.02. The van der Waals surface area contributed by atoms with Crippen molar-refractivity contribution in [2.75, 3.05) is 5.32 Å². The van der Waals surface area contributed by atoms with E-state index in [0.29, 0.717) is 0 Å². The van der Waals surface area contributed by atoms with Crippen molar-refractivity contribution in [2.45, 2.75) is 33.1 Å². The van der Waals surface area contributed by atoms with Crippen LogP contribution in [-0.2, 0) is 6.54 Å². The van der Waals surface area contributed by atoms with Gasteiger partial charge in [-0.25, -0.2) is 0 Å². The zero-order chi connectivity index (χ0) is 14.8. The second-order valence-corrected chi connectivity index (χ2v) is 11.8. The fraction of sp³-hybridized carbons (Fsp3) is 0.294. The van der Waals surface area contributed by atoms with E-state index in [4.69, 9.17) is 11.6 Å². The van der Waals surface area contributed by atoms with Crippen molar-refractivity contribution in [3.8, 4) is 0 Å². The molecule has 0 saturated carbocycles. The van der Waals surface area contributed by atoms with Gasteiger partial charge in [0.15, 0.2) is 0 Å². The van der Waals surface area contributed by atoms with Crippen LogP contribution in [0.1, 0.15) is 11.1 Å². The summed E-state index contributed by atoms with van der Waals surface area (Å²) in [6.45, 7) is 9.98. The second-order valence-electron chi connectivity index (χ2n) is 6.28. The number of halogens is 1. The minimum Gasteiger partial charge on any atom is -0.380 e. The lowest BCUT2D eigenvalue weighted by Gasteiger charge is -2.17. The van der Waals surface area contributed by atoms with Gasteiger partial charge in [-0.3, -0.25) is 0 Å². The van der Waals surface area contributed by atoms with Crippen LogP contribution >= 0.6 is 11.6 Å². The number of anilines is 1. The van der Waals surface area contributed by atoms with Crippen LogP contribution in [0.2, 0.25) is 24.7 Å². The number of aryl methyl sites for hydroxylation is 1. The zero-order valence-corrected chi connectivity index (χ0v) is 14.4. The molecule has 2 aromatic rings. The van der Waals surface area contributed by atoms with Crippen LogP contribution in [0.4, 0.5) is 5.69 Å². The summed E-state index contributed by atoms with van der Waals surface area (Å²) in [6, 6.07) is 15.0. The first-order valence-electron chi connectivity index (χ1n) is 6.96. The SMILES string of the molecule is Cc1ccc(Cl)c(NCc2ccc([Si](C)(C)C)cc2)c1. The van der Waals surface area contributed by atoms with E-state index in [1.165, 1.54) is 16.3 Å². The molecule has 106 valence electrons. The van der Waals surface area contributed by atoms with E-state index in [0.717, 1.165) is 17.3 Å². The minimum atomic E-state index is -1.20. The lowest BCUT2D eigenvalue weighted by atomic mass is 10.2. The standard InChI is InChI=1S/C17H22ClNSi/c1-13-5-10-16(18)17(11-13)19-12-14-6-8-15(9-7-14)20(2,3)4/h5-11,19H,12H2,1-4H3. The molecule has 0 aliphatic rings. The van der Waals surface area contributed by atoms with Crippen LogP contribution in [0, 0.1) is 6.92 Å². The lowest BCUT2D eigenvalue weighted by Crippen LogP contribution is -2.37. The van der Waals surface area contributed by atoms with E-state index in [9.17, 15) is 0 Å². The number of nitrogens with one attached hydrogen (secondary N) is 1. The Kier molecular flexibility index (Phi) is 4.56. The van der Waals surface area contributed by atoms with Crippen LogP contribution in [-0.4, -0.2) is 8.07 Å². The Morgan fingerprint density at radius 2 is 1.65 bits per heavy atom. The molecule has 1 nitrogen and oxygen atoms in total. The molecule has 0 saturated heterocycles. The van der Waals surface area contributed by atoms with Crippen molar-refractivity contribution in [3.05, 3.63) is 58.6 Å². The molecule has 0 heterocycles. The van der Waals surface area contributed by atoms with Crippen LogP contribution in [0.25, 0.3) is 0 Å². The number of rotatable bonds is 4. The van der Waals surface area contributed by atoms with Crippen molar-refractivity contribution in [1.82, 2.24) is 0 Å². The minimum absolute atomic E-state index is 0.773. The first kappa shape index (κ1) is 15.1. The predicted octanol–water partition coefficient (Wildman–Crippen LogP) is 4.81. The Labute approximate surface area is 128 Å². The van der Waals surface area contributed by atoms with Gasteiger partial charge in [-0.2, -0.15) is 0 Å². The molecule has 0 aliphatic carbocycles. The number of hydrogen-bond acceptors (Lipinski definition) is 1. The maximum Gasteiger partial charge on any atom is 0.0775 e. The average molecular weight is 304 g/mol. The summed E-state index contributed by atoms with van der Waals surface area (Å²) in [6.07, 6.45) is 0. The molecule has 0 aromatic heterocycles. The fourth-order valence-corrected chi connectivity index (χ4v) is 3.45. The predicted molar refractivity (Wildman–Crippen MR) is 92.9 cm³/mol. The van der Waals surface area contributed by atoms with Crippen molar-refractivity contribution in [2.24, 2.45) is 0 Å². The van der Waals surface area contributed by atoms with E-state index in [2.05, 4.69) is 62.2 Å². The molecule has 0 atom stereocenters. The summed E-state index contributed by atoms with van der Waals surface area (Å²) in [7, 11) is -1.20. The van der Waals surface area contributed by atoms with Gasteiger partial charge in [-0.15, -0.1) is 0 Å². The van der Waals surface area contributed by atoms with Crippen LogP contribution in [0.5, 0.6) is 0 Å². The third-order valence-corrected chi connectivity index (χ3v) is 5.82. The molecule has 20 heavy (non-hydrogen) atoms. The summed E-state index contributed by atoms with van der Waals surface area (Å²) >= 11 is 6.19. The van der Waals surface area contributed by atoms with Gasteiger partial charge in [0, 0.05) is 6.54 Å². The maximum absolute atomic E-state index is 6.19. The van der Waals surface area contributed by atoms with Crippen molar-refractivity contribution >= 4 is 30.5 Å². The van der Waals surface area contributed by atoms with Gasteiger partial charge in [0.2, 0.25) is 0 Å². The van der Waals surface area contributed by atoms with E-state index < -0.39 is 8.07 Å². The monoisotopic (exact) mass is 303 g/mol. The highest BCUT2D eigenvalue weighted by Gasteiger charge is 2.15. The molecule has 2 rings (SSSR count). The Bertz CT molecular complexity index is 585. The van der Waals surface area contributed by atoms with Gasteiger partial charge in [0.1, 0.15) is 0 Å². The van der Waals surface area contributed by atoms with Crippen LogP contribution in [0.3, 0.4) is 0 Å². The first-order chi connectivity index (χ1) is 9.36. The zero-order valence-electron chi connectivity index (χ0n) is 12.6. The maximum atomic E-state index is 6.19. The Morgan fingerprint density at radius 3 is 2.25 bits per heavy atom. The molecular weight excluding hydrogens is 282 g/mol. The van der Waals surface area contributed by atoms with Crippen molar-refractivity contribution < 1.29 is 0 Å². The van der Waals surface area contributed by atoms with E-state index >= 15 is 0 Å². The van der Waals surface area contributed by atoms with Gasteiger partial charge in [0.05, 0.1) is 18.8 Å². The molecule has 0 unspecified atom stereocenters. The Hall–Kier alpha value is -1.25. The van der Waals surface area contributed by atoms with E-state index in [1.807, 2.05) is 12.1 Å². The molecule has 1 N–H and O–H groups in total. The molecule has 0 bridgehead atoms. The van der Waals surface area contributed by atoms with Gasteiger partial charge in [0.25, 0.3) is 0 Å². The Balaban J connectivity index is 2.06. The molecule has 0 radical (unpaired) electrons. The lowest BCUT2D eigenvalue weighted by molar-refractivity contribution is 1.15. The third-order valence-electron chi connectivity index (χ3n) is 3.42. The van der Waals surface area contributed by atoms with E-state index in [-0.39, 0.29) is 0 Å². The highest BCUT2D eigenvalue weighted by molar-refractivity contribution is 6.88. The highest BCUT2D eigenvalue weighted by atomic mass is 35.5. The molecule has 0 amide bonds. The van der Waals surface area contributed by atoms with Gasteiger partial charge in [-0.05, 0) is 30.2 Å². The van der Waals surface area contributed by atoms with Gasteiger partial charge < -0.3 is 5.32 Å². The summed E-state index contributed by atoms with van der Waals surface area (Å²) in [5, 5.41) is 5.68. The van der Waals surface area contributed by atoms with Gasteiger partial charge in [-0.1, -0.05) is 66.8 Å². The van der Waals surface area contributed by atoms with Crippen LogP contribution < -0.4 is 10.5 Å². The molecule has 0 fully saturated rings. The smallest absolute Gasteiger partial charge is 0.0775 e. The largest absolute Gasteiger partial charge is 0.380 e. The molecule has 0 aliphatic heterocycles. The number of hydrogen-bond donors (Lipinski definition) is 1.